The summed E-state index contributed by atoms with van der Waals surface area (Å²) in [6.45, 7) is 3.82. The summed E-state index contributed by atoms with van der Waals surface area (Å²) in [6.07, 6.45) is 1.71. The van der Waals surface area contributed by atoms with Gasteiger partial charge in [0.2, 0.25) is 0 Å². The van der Waals surface area contributed by atoms with Crippen molar-refractivity contribution in [1.82, 2.24) is 10.3 Å². The second kappa shape index (κ2) is 5.52. The Hall–Kier alpha value is -2.36. The molecule has 0 saturated carbocycles. The number of aromatic nitrogens is 1. The second-order valence-electron chi connectivity index (χ2n) is 4.54. The van der Waals surface area contributed by atoms with Crippen LogP contribution in [-0.2, 0) is 0 Å². The lowest BCUT2D eigenvalue weighted by molar-refractivity contribution is 0.0940. The number of nitrogens with one attached hydrogen (secondary N) is 1. The molecule has 2 rings (SSSR count). The summed E-state index contributed by atoms with van der Waals surface area (Å²) in [5, 5.41) is 2.90. The van der Waals surface area contributed by atoms with E-state index in [1.807, 2.05) is 38.1 Å². The number of carbonyl (C=O) groups is 1. The zero-order valence-electron chi connectivity index (χ0n) is 11.1. The molecule has 19 heavy (non-hydrogen) atoms. The summed E-state index contributed by atoms with van der Waals surface area (Å²) in [5.41, 5.74) is 8.64. The standard InChI is InChI=1S/C15H17N3O/c1-10-6-7-13(16)12(9-10)15(19)18-11(2)14-5-3-4-8-17-14/h3-9,11H,16H2,1-2H3,(H,18,19)/t11-/m1/s1. The Morgan fingerprint density at radius 2 is 2.11 bits per heavy atom. The van der Waals surface area contributed by atoms with Crippen LogP contribution in [0.5, 0.6) is 0 Å². The van der Waals surface area contributed by atoms with E-state index in [2.05, 4.69) is 10.3 Å². The third-order valence-corrected chi connectivity index (χ3v) is 2.93. The Labute approximate surface area is 112 Å². The van der Waals surface area contributed by atoms with E-state index in [4.69, 9.17) is 5.73 Å². The number of rotatable bonds is 3. The predicted molar refractivity (Wildman–Crippen MR) is 75.7 cm³/mol. The Balaban J connectivity index is 2.15. The number of hydrogen-bond donors (Lipinski definition) is 2. The molecular formula is C15H17N3O. The lowest BCUT2D eigenvalue weighted by Gasteiger charge is -2.14. The van der Waals surface area contributed by atoms with E-state index in [0.717, 1.165) is 11.3 Å². The number of amides is 1. The van der Waals surface area contributed by atoms with Crippen LogP contribution in [0.1, 0.15) is 34.6 Å². The van der Waals surface area contributed by atoms with E-state index in [0.29, 0.717) is 11.3 Å². The topological polar surface area (TPSA) is 68.0 Å². The van der Waals surface area contributed by atoms with Crippen molar-refractivity contribution in [3.05, 3.63) is 59.4 Å². The third-order valence-electron chi connectivity index (χ3n) is 2.93. The molecule has 4 heteroatoms. The van der Waals surface area contributed by atoms with E-state index in [1.54, 1.807) is 18.3 Å². The number of hydrogen-bond acceptors (Lipinski definition) is 3. The molecule has 2 aromatic rings. The highest BCUT2D eigenvalue weighted by molar-refractivity contribution is 5.99. The van der Waals surface area contributed by atoms with Crippen LogP contribution >= 0.6 is 0 Å². The van der Waals surface area contributed by atoms with Gasteiger partial charge in [-0.15, -0.1) is 0 Å². The molecule has 0 aliphatic rings. The monoisotopic (exact) mass is 255 g/mol. The van der Waals surface area contributed by atoms with Crippen LogP contribution in [0.3, 0.4) is 0 Å². The number of nitrogens with zero attached hydrogens (tertiary/aromatic N) is 1. The Kier molecular flexibility index (Phi) is 3.80. The number of anilines is 1. The van der Waals surface area contributed by atoms with E-state index < -0.39 is 0 Å². The molecule has 1 heterocycles. The summed E-state index contributed by atoms with van der Waals surface area (Å²) in [4.78, 5) is 16.4. The summed E-state index contributed by atoms with van der Waals surface area (Å²) >= 11 is 0. The van der Waals surface area contributed by atoms with Crippen molar-refractivity contribution in [3.63, 3.8) is 0 Å². The zero-order valence-corrected chi connectivity index (χ0v) is 11.1. The highest BCUT2D eigenvalue weighted by Crippen LogP contribution is 2.16. The summed E-state index contributed by atoms with van der Waals surface area (Å²) in [5.74, 6) is -0.181. The number of pyridine rings is 1. The number of benzene rings is 1. The molecule has 0 unspecified atom stereocenters. The van der Waals surface area contributed by atoms with Crippen molar-refractivity contribution >= 4 is 11.6 Å². The highest BCUT2D eigenvalue weighted by atomic mass is 16.1. The van der Waals surface area contributed by atoms with Gasteiger partial charge in [-0.05, 0) is 38.1 Å². The molecule has 1 aromatic heterocycles. The van der Waals surface area contributed by atoms with Crippen LogP contribution in [0, 0.1) is 6.92 Å². The van der Waals surface area contributed by atoms with Gasteiger partial charge >= 0.3 is 0 Å². The fourth-order valence-electron chi connectivity index (χ4n) is 1.85. The molecule has 1 atom stereocenters. The van der Waals surface area contributed by atoms with Crippen molar-refractivity contribution in [2.45, 2.75) is 19.9 Å². The largest absolute Gasteiger partial charge is 0.398 e. The minimum atomic E-state index is -0.181. The van der Waals surface area contributed by atoms with Gasteiger partial charge in [0.05, 0.1) is 17.3 Å². The fraction of sp³-hybridized carbons (Fsp3) is 0.200. The smallest absolute Gasteiger partial charge is 0.253 e. The van der Waals surface area contributed by atoms with Crippen LogP contribution in [0.2, 0.25) is 0 Å². The summed E-state index contributed by atoms with van der Waals surface area (Å²) in [7, 11) is 0. The summed E-state index contributed by atoms with van der Waals surface area (Å²) < 4.78 is 0. The molecule has 0 fully saturated rings. The molecule has 0 bridgehead atoms. The van der Waals surface area contributed by atoms with Crippen molar-refractivity contribution in [2.24, 2.45) is 0 Å². The number of nitrogens with two attached hydrogens (primary N) is 1. The van der Waals surface area contributed by atoms with Crippen molar-refractivity contribution < 1.29 is 4.79 Å². The van der Waals surface area contributed by atoms with Crippen LogP contribution in [-0.4, -0.2) is 10.9 Å². The molecule has 1 amide bonds. The van der Waals surface area contributed by atoms with E-state index in [9.17, 15) is 4.79 Å². The molecule has 1 aromatic carbocycles. The molecule has 0 spiro atoms. The SMILES string of the molecule is Cc1ccc(N)c(C(=O)N[C@H](C)c2ccccn2)c1. The van der Waals surface area contributed by atoms with Crippen molar-refractivity contribution in [1.29, 1.82) is 0 Å². The average Bonchev–Trinajstić information content (AvgIpc) is 2.42. The van der Waals surface area contributed by atoms with Crippen LogP contribution in [0.25, 0.3) is 0 Å². The fourth-order valence-corrected chi connectivity index (χ4v) is 1.85. The van der Waals surface area contributed by atoms with Crippen LogP contribution in [0.15, 0.2) is 42.6 Å². The van der Waals surface area contributed by atoms with Gasteiger partial charge in [-0.2, -0.15) is 0 Å². The van der Waals surface area contributed by atoms with Gasteiger partial charge in [-0.3, -0.25) is 9.78 Å². The summed E-state index contributed by atoms with van der Waals surface area (Å²) in [6, 6.07) is 10.9. The Morgan fingerprint density at radius 1 is 1.32 bits per heavy atom. The van der Waals surface area contributed by atoms with Gasteiger partial charge in [0, 0.05) is 11.9 Å². The number of carbonyl (C=O) groups excluding carboxylic acids is 1. The lowest BCUT2D eigenvalue weighted by Crippen LogP contribution is -2.27. The minimum absolute atomic E-state index is 0.159. The number of nitrogen functional groups attached to an aromatic ring is 1. The first-order chi connectivity index (χ1) is 9.08. The van der Waals surface area contributed by atoms with Gasteiger partial charge in [0.25, 0.3) is 5.91 Å². The maximum absolute atomic E-state index is 12.2. The van der Waals surface area contributed by atoms with Gasteiger partial charge in [-0.25, -0.2) is 0 Å². The van der Waals surface area contributed by atoms with Gasteiger partial charge in [0.1, 0.15) is 0 Å². The van der Waals surface area contributed by atoms with Crippen molar-refractivity contribution in [3.8, 4) is 0 Å². The molecule has 0 saturated heterocycles. The van der Waals surface area contributed by atoms with Gasteiger partial charge in [-0.1, -0.05) is 17.7 Å². The minimum Gasteiger partial charge on any atom is -0.398 e. The maximum atomic E-state index is 12.2. The van der Waals surface area contributed by atoms with Crippen LogP contribution < -0.4 is 11.1 Å². The quantitative estimate of drug-likeness (QED) is 0.828. The van der Waals surface area contributed by atoms with Crippen molar-refractivity contribution in [2.75, 3.05) is 5.73 Å². The first-order valence-corrected chi connectivity index (χ1v) is 6.16. The molecule has 3 N–H and O–H groups in total. The van der Waals surface area contributed by atoms with E-state index in [-0.39, 0.29) is 11.9 Å². The normalized spacial score (nSPS) is 11.9. The lowest BCUT2D eigenvalue weighted by atomic mass is 10.1. The molecule has 0 aliphatic carbocycles. The predicted octanol–water partition coefficient (Wildman–Crippen LogP) is 2.46. The maximum Gasteiger partial charge on any atom is 0.253 e. The third kappa shape index (κ3) is 3.10. The van der Waals surface area contributed by atoms with Crippen LogP contribution in [0.4, 0.5) is 5.69 Å². The Morgan fingerprint density at radius 3 is 2.79 bits per heavy atom. The number of aryl methyl sites for hydroxylation is 1. The molecular weight excluding hydrogens is 238 g/mol. The van der Waals surface area contributed by atoms with E-state index >= 15 is 0 Å². The molecule has 4 nitrogen and oxygen atoms in total. The zero-order chi connectivity index (χ0) is 13.8. The first-order valence-electron chi connectivity index (χ1n) is 6.16. The van der Waals surface area contributed by atoms with Gasteiger partial charge in [0.15, 0.2) is 0 Å². The molecule has 0 aliphatic heterocycles. The second-order valence-corrected chi connectivity index (χ2v) is 4.54. The van der Waals surface area contributed by atoms with E-state index in [1.165, 1.54) is 0 Å². The first kappa shape index (κ1) is 13.1. The molecule has 98 valence electrons. The molecule has 0 radical (unpaired) electrons. The average molecular weight is 255 g/mol. The van der Waals surface area contributed by atoms with Gasteiger partial charge < -0.3 is 11.1 Å². The highest BCUT2D eigenvalue weighted by Gasteiger charge is 2.14. The Bertz CT molecular complexity index is 581.